The Morgan fingerprint density at radius 2 is 1.95 bits per heavy atom. The van der Waals surface area contributed by atoms with Crippen LogP contribution in [0.1, 0.15) is 26.3 Å². The molecule has 0 saturated carbocycles. The normalized spacial score (nSPS) is 12.7. The third-order valence-electron chi connectivity index (χ3n) is 2.78. The standard InChI is InChI=1S/C15H23NO3/c1-11(2)19-14-8-6-5-7-13(14)10-16(4)9-12(3)15(17)18/h5-8,11-12H,9-10H2,1-4H3,(H,17,18). The van der Waals surface area contributed by atoms with Crippen LogP contribution in [-0.4, -0.2) is 35.7 Å². The van der Waals surface area contributed by atoms with Crippen molar-refractivity contribution in [2.45, 2.75) is 33.4 Å². The van der Waals surface area contributed by atoms with Gasteiger partial charge >= 0.3 is 5.97 Å². The molecule has 1 atom stereocenters. The quantitative estimate of drug-likeness (QED) is 0.823. The van der Waals surface area contributed by atoms with Crippen LogP contribution in [0.5, 0.6) is 5.75 Å². The molecular formula is C15H23NO3. The fourth-order valence-corrected chi connectivity index (χ4v) is 1.90. The van der Waals surface area contributed by atoms with Crippen LogP contribution in [0, 0.1) is 5.92 Å². The highest BCUT2D eigenvalue weighted by molar-refractivity contribution is 5.69. The lowest BCUT2D eigenvalue weighted by Crippen LogP contribution is -2.28. The Balaban J connectivity index is 2.68. The van der Waals surface area contributed by atoms with E-state index >= 15 is 0 Å². The summed E-state index contributed by atoms with van der Waals surface area (Å²) >= 11 is 0. The summed E-state index contributed by atoms with van der Waals surface area (Å²) in [7, 11) is 1.92. The number of hydrogen-bond acceptors (Lipinski definition) is 3. The molecule has 19 heavy (non-hydrogen) atoms. The number of hydrogen-bond donors (Lipinski definition) is 1. The Kier molecular flexibility index (Phi) is 5.83. The van der Waals surface area contributed by atoms with Gasteiger partial charge in [0.25, 0.3) is 0 Å². The number of ether oxygens (including phenoxy) is 1. The molecule has 0 amide bonds. The topological polar surface area (TPSA) is 49.8 Å². The van der Waals surface area contributed by atoms with Crippen LogP contribution in [0.15, 0.2) is 24.3 Å². The van der Waals surface area contributed by atoms with E-state index in [0.29, 0.717) is 13.1 Å². The molecule has 0 saturated heterocycles. The minimum absolute atomic E-state index is 0.129. The first-order valence-corrected chi connectivity index (χ1v) is 6.56. The number of aliphatic carboxylic acids is 1. The first kappa shape index (κ1) is 15.5. The molecule has 0 aromatic heterocycles. The van der Waals surface area contributed by atoms with Crippen molar-refractivity contribution in [3.63, 3.8) is 0 Å². The van der Waals surface area contributed by atoms with E-state index in [1.165, 1.54) is 0 Å². The average molecular weight is 265 g/mol. The van der Waals surface area contributed by atoms with Crippen molar-refractivity contribution in [3.8, 4) is 5.75 Å². The molecule has 0 aliphatic heterocycles. The van der Waals surface area contributed by atoms with Gasteiger partial charge in [0.1, 0.15) is 5.75 Å². The second kappa shape index (κ2) is 7.14. The molecular weight excluding hydrogens is 242 g/mol. The van der Waals surface area contributed by atoms with Crippen LogP contribution >= 0.6 is 0 Å². The van der Waals surface area contributed by atoms with Gasteiger partial charge in [-0.15, -0.1) is 0 Å². The lowest BCUT2D eigenvalue weighted by molar-refractivity contribution is -0.141. The van der Waals surface area contributed by atoms with Crippen LogP contribution < -0.4 is 4.74 Å². The molecule has 0 bridgehead atoms. The highest BCUT2D eigenvalue weighted by atomic mass is 16.5. The Morgan fingerprint density at radius 3 is 2.53 bits per heavy atom. The van der Waals surface area contributed by atoms with E-state index in [-0.39, 0.29) is 12.0 Å². The zero-order valence-corrected chi connectivity index (χ0v) is 12.1. The Bertz CT molecular complexity index is 418. The molecule has 0 spiro atoms. The fourth-order valence-electron chi connectivity index (χ4n) is 1.90. The third kappa shape index (κ3) is 5.30. The van der Waals surface area contributed by atoms with Crippen molar-refractivity contribution in [3.05, 3.63) is 29.8 Å². The van der Waals surface area contributed by atoms with E-state index < -0.39 is 5.97 Å². The van der Waals surface area contributed by atoms with Gasteiger partial charge < -0.3 is 14.7 Å². The van der Waals surface area contributed by atoms with E-state index in [2.05, 4.69) is 0 Å². The minimum atomic E-state index is -0.765. The van der Waals surface area contributed by atoms with E-state index in [4.69, 9.17) is 9.84 Å². The van der Waals surface area contributed by atoms with Gasteiger partial charge in [0.2, 0.25) is 0 Å². The van der Waals surface area contributed by atoms with Crippen LogP contribution in [0.25, 0.3) is 0 Å². The Labute approximate surface area is 115 Å². The fraction of sp³-hybridized carbons (Fsp3) is 0.533. The predicted octanol–water partition coefficient (Wildman–Crippen LogP) is 2.63. The van der Waals surface area contributed by atoms with Gasteiger partial charge in [0.05, 0.1) is 12.0 Å². The first-order valence-electron chi connectivity index (χ1n) is 6.56. The summed E-state index contributed by atoms with van der Waals surface area (Å²) in [5.74, 6) is -0.269. The number of benzene rings is 1. The molecule has 0 heterocycles. The maximum absolute atomic E-state index is 10.8. The number of carboxylic acid groups (broad SMARTS) is 1. The summed E-state index contributed by atoms with van der Waals surface area (Å²) in [6.07, 6.45) is 0.129. The second-order valence-corrected chi connectivity index (χ2v) is 5.21. The van der Waals surface area contributed by atoms with Gasteiger partial charge in [-0.25, -0.2) is 0 Å². The van der Waals surface area contributed by atoms with E-state index in [9.17, 15) is 4.79 Å². The first-order chi connectivity index (χ1) is 8.90. The van der Waals surface area contributed by atoms with Crippen molar-refractivity contribution >= 4 is 5.97 Å². The van der Waals surface area contributed by atoms with Crippen molar-refractivity contribution in [1.29, 1.82) is 0 Å². The summed E-state index contributed by atoms with van der Waals surface area (Å²) in [6.45, 7) is 6.90. The van der Waals surface area contributed by atoms with Crippen molar-refractivity contribution in [1.82, 2.24) is 4.90 Å². The molecule has 1 aromatic carbocycles. The molecule has 1 unspecified atom stereocenters. The van der Waals surface area contributed by atoms with Crippen LogP contribution in [-0.2, 0) is 11.3 Å². The number of rotatable bonds is 7. The SMILES string of the molecule is CC(C)Oc1ccccc1CN(C)CC(C)C(=O)O. The maximum Gasteiger partial charge on any atom is 0.307 e. The molecule has 1 rings (SSSR count). The highest BCUT2D eigenvalue weighted by Crippen LogP contribution is 2.21. The third-order valence-corrected chi connectivity index (χ3v) is 2.78. The summed E-state index contributed by atoms with van der Waals surface area (Å²) in [5, 5.41) is 8.92. The van der Waals surface area contributed by atoms with Crippen molar-refractivity contribution in [2.75, 3.05) is 13.6 Å². The molecule has 0 fully saturated rings. The maximum atomic E-state index is 10.8. The number of nitrogens with zero attached hydrogens (tertiary/aromatic N) is 1. The average Bonchev–Trinajstić information content (AvgIpc) is 2.30. The van der Waals surface area contributed by atoms with Gasteiger partial charge in [-0.05, 0) is 27.0 Å². The van der Waals surface area contributed by atoms with Crippen LogP contribution in [0.3, 0.4) is 0 Å². The summed E-state index contributed by atoms with van der Waals surface area (Å²) in [5.41, 5.74) is 1.08. The molecule has 0 radical (unpaired) electrons. The molecule has 106 valence electrons. The lowest BCUT2D eigenvalue weighted by atomic mass is 10.1. The summed E-state index contributed by atoms with van der Waals surface area (Å²) < 4.78 is 5.76. The zero-order valence-electron chi connectivity index (χ0n) is 12.1. The van der Waals surface area contributed by atoms with Gasteiger partial charge in [0, 0.05) is 18.7 Å². The second-order valence-electron chi connectivity index (χ2n) is 5.21. The largest absolute Gasteiger partial charge is 0.491 e. The van der Waals surface area contributed by atoms with Crippen molar-refractivity contribution in [2.24, 2.45) is 5.92 Å². The van der Waals surface area contributed by atoms with E-state index in [1.807, 2.05) is 50.1 Å². The molecule has 1 N–H and O–H groups in total. The molecule has 0 aliphatic carbocycles. The number of para-hydroxylation sites is 1. The van der Waals surface area contributed by atoms with E-state index in [1.54, 1.807) is 6.92 Å². The van der Waals surface area contributed by atoms with Gasteiger partial charge in [-0.2, -0.15) is 0 Å². The van der Waals surface area contributed by atoms with Crippen molar-refractivity contribution < 1.29 is 14.6 Å². The zero-order chi connectivity index (χ0) is 14.4. The predicted molar refractivity (Wildman–Crippen MR) is 75.3 cm³/mol. The Morgan fingerprint density at radius 1 is 1.32 bits per heavy atom. The highest BCUT2D eigenvalue weighted by Gasteiger charge is 2.15. The monoisotopic (exact) mass is 265 g/mol. The molecule has 1 aromatic rings. The van der Waals surface area contributed by atoms with Crippen LogP contribution in [0.2, 0.25) is 0 Å². The summed E-state index contributed by atoms with van der Waals surface area (Å²) in [4.78, 5) is 12.8. The molecule has 4 heteroatoms. The van der Waals surface area contributed by atoms with Gasteiger partial charge in [-0.3, -0.25) is 4.79 Å². The molecule has 4 nitrogen and oxygen atoms in total. The number of carboxylic acids is 1. The lowest BCUT2D eigenvalue weighted by Gasteiger charge is -2.21. The Hall–Kier alpha value is -1.55. The van der Waals surface area contributed by atoms with Gasteiger partial charge in [-0.1, -0.05) is 25.1 Å². The smallest absolute Gasteiger partial charge is 0.307 e. The molecule has 0 aliphatic rings. The van der Waals surface area contributed by atoms with E-state index in [0.717, 1.165) is 11.3 Å². The van der Waals surface area contributed by atoms with Crippen LogP contribution in [0.4, 0.5) is 0 Å². The van der Waals surface area contributed by atoms with Gasteiger partial charge in [0.15, 0.2) is 0 Å². The number of carbonyl (C=O) groups is 1. The minimum Gasteiger partial charge on any atom is -0.491 e. The summed E-state index contributed by atoms with van der Waals surface area (Å²) in [6, 6.07) is 7.88.